The van der Waals surface area contributed by atoms with Crippen LogP contribution < -0.4 is 10.6 Å². The van der Waals surface area contributed by atoms with Crippen LogP contribution in [-0.4, -0.2) is 29.1 Å². The standard InChI is InChI=1S/C15H19N3O3/c1-3-15(2,8-9-19)18-14(21)13(20)17-12-6-4-11(10-16)5-7-12/h4-7,19H,3,8-9H2,1-2H3,(H,17,20)(H,18,21). The minimum absolute atomic E-state index is 0.0676. The molecule has 0 bridgehead atoms. The number of nitriles is 1. The Morgan fingerprint density at radius 1 is 1.29 bits per heavy atom. The highest BCUT2D eigenvalue weighted by atomic mass is 16.3. The van der Waals surface area contributed by atoms with Gasteiger partial charge in [0.25, 0.3) is 0 Å². The summed E-state index contributed by atoms with van der Waals surface area (Å²) in [6.07, 6.45) is 0.975. The Morgan fingerprint density at radius 2 is 1.90 bits per heavy atom. The lowest BCUT2D eigenvalue weighted by molar-refractivity contribution is -0.137. The van der Waals surface area contributed by atoms with E-state index < -0.39 is 17.4 Å². The molecule has 2 amide bonds. The zero-order valence-corrected chi connectivity index (χ0v) is 12.1. The molecule has 0 aromatic heterocycles. The second-order valence-electron chi connectivity index (χ2n) is 4.99. The summed E-state index contributed by atoms with van der Waals surface area (Å²) < 4.78 is 0. The third-order valence-electron chi connectivity index (χ3n) is 3.34. The topological polar surface area (TPSA) is 102 Å². The number of benzene rings is 1. The number of hydrogen-bond acceptors (Lipinski definition) is 4. The highest BCUT2D eigenvalue weighted by molar-refractivity contribution is 6.39. The van der Waals surface area contributed by atoms with Crippen molar-refractivity contribution in [3.05, 3.63) is 29.8 Å². The van der Waals surface area contributed by atoms with Crippen LogP contribution in [0, 0.1) is 11.3 Å². The molecule has 1 aromatic rings. The van der Waals surface area contributed by atoms with E-state index in [0.717, 1.165) is 0 Å². The second kappa shape index (κ2) is 7.41. The summed E-state index contributed by atoms with van der Waals surface area (Å²) in [6, 6.07) is 8.17. The molecule has 0 fully saturated rings. The summed E-state index contributed by atoms with van der Waals surface area (Å²) in [5.41, 5.74) is 0.293. The van der Waals surface area contributed by atoms with Crippen LogP contribution in [0.25, 0.3) is 0 Å². The third kappa shape index (κ3) is 4.89. The van der Waals surface area contributed by atoms with Gasteiger partial charge in [-0.15, -0.1) is 0 Å². The molecule has 0 aliphatic carbocycles. The van der Waals surface area contributed by atoms with Crippen molar-refractivity contribution in [2.45, 2.75) is 32.2 Å². The summed E-state index contributed by atoms with van der Waals surface area (Å²) in [4.78, 5) is 23.7. The summed E-state index contributed by atoms with van der Waals surface area (Å²) in [5.74, 6) is -1.53. The molecule has 6 nitrogen and oxygen atoms in total. The van der Waals surface area contributed by atoms with Crippen LogP contribution in [-0.2, 0) is 9.59 Å². The van der Waals surface area contributed by atoms with Crippen LogP contribution in [0.5, 0.6) is 0 Å². The number of nitrogens with zero attached hydrogens (tertiary/aromatic N) is 1. The number of nitrogens with one attached hydrogen (secondary N) is 2. The molecule has 0 aliphatic heterocycles. The summed E-state index contributed by atoms with van der Waals surface area (Å²) in [5, 5.41) is 22.8. The lowest BCUT2D eigenvalue weighted by atomic mass is 9.95. The minimum Gasteiger partial charge on any atom is -0.396 e. The van der Waals surface area contributed by atoms with Crippen molar-refractivity contribution in [1.29, 1.82) is 5.26 Å². The molecule has 1 atom stereocenters. The summed E-state index contributed by atoms with van der Waals surface area (Å²) in [7, 11) is 0. The predicted molar refractivity (Wildman–Crippen MR) is 78.3 cm³/mol. The van der Waals surface area contributed by atoms with Gasteiger partial charge in [-0.05, 0) is 44.0 Å². The number of amides is 2. The largest absolute Gasteiger partial charge is 0.396 e. The first-order valence-corrected chi connectivity index (χ1v) is 6.68. The maximum absolute atomic E-state index is 11.9. The molecule has 21 heavy (non-hydrogen) atoms. The van der Waals surface area contributed by atoms with Crippen molar-refractivity contribution in [2.75, 3.05) is 11.9 Å². The van der Waals surface area contributed by atoms with Crippen LogP contribution in [0.4, 0.5) is 5.69 Å². The SMILES string of the molecule is CCC(C)(CCO)NC(=O)C(=O)Nc1ccc(C#N)cc1. The minimum atomic E-state index is -0.780. The van der Waals surface area contributed by atoms with E-state index in [1.54, 1.807) is 31.2 Å². The molecule has 0 saturated heterocycles. The number of carbonyl (C=O) groups is 2. The van der Waals surface area contributed by atoms with E-state index in [9.17, 15) is 9.59 Å². The van der Waals surface area contributed by atoms with Gasteiger partial charge < -0.3 is 15.7 Å². The lowest BCUT2D eigenvalue weighted by Gasteiger charge is -2.28. The van der Waals surface area contributed by atoms with Crippen LogP contribution >= 0.6 is 0 Å². The van der Waals surface area contributed by atoms with Gasteiger partial charge in [0.05, 0.1) is 11.6 Å². The molecule has 0 aliphatic rings. The van der Waals surface area contributed by atoms with Gasteiger partial charge in [0.2, 0.25) is 0 Å². The molecule has 1 unspecified atom stereocenters. The number of carbonyl (C=O) groups excluding carboxylic acids is 2. The number of anilines is 1. The Balaban J connectivity index is 2.66. The summed E-state index contributed by atoms with van der Waals surface area (Å²) in [6.45, 7) is 3.58. The van der Waals surface area contributed by atoms with E-state index in [0.29, 0.717) is 24.1 Å². The van der Waals surface area contributed by atoms with Crippen LogP contribution in [0.2, 0.25) is 0 Å². The third-order valence-corrected chi connectivity index (χ3v) is 3.34. The van der Waals surface area contributed by atoms with Gasteiger partial charge in [0.1, 0.15) is 0 Å². The Kier molecular flexibility index (Phi) is 5.88. The molecule has 0 heterocycles. The first-order chi connectivity index (χ1) is 9.94. The van der Waals surface area contributed by atoms with Crippen molar-refractivity contribution in [2.24, 2.45) is 0 Å². The fourth-order valence-electron chi connectivity index (χ4n) is 1.72. The zero-order valence-electron chi connectivity index (χ0n) is 12.1. The molecule has 1 rings (SSSR count). The van der Waals surface area contributed by atoms with Crippen molar-refractivity contribution < 1.29 is 14.7 Å². The highest BCUT2D eigenvalue weighted by Crippen LogP contribution is 2.14. The second-order valence-corrected chi connectivity index (χ2v) is 4.99. The zero-order chi connectivity index (χ0) is 15.9. The molecule has 6 heteroatoms. The monoisotopic (exact) mass is 289 g/mol. The molecule has 3 N–H and O–H groups in total. The average Bonchev–Trinajstić information content (AvgIpc) is 2.48. The first-order valence-electron chi connectivity index (χ1n) is 6.68. The fourth-order valence-corrected chi connectivity index (χ4v) is 1.72. The molecular weight excluding hydrogens is 270 g/mol. The number of rotatable bonds is 5. The Hall–Kier alpha value is -2.39. The van der Waals surface area contributed by atoms with Gasteiger partial charge in [-0.2, -0.15) is 5.26 Å². The smallest absolute Gasteiger partial charge is 0.313 e. The van der Waals surface area contributed by atoms with E-state index in [1.165, 1.54) is 0 Å². The lowest BCUT2D eigenvalue weighted by Crippen LogP contribution is -2.50. The van der Waals surface area contributed by atoms with Crippen molar-refractivity contribution in [3.63, 3.8) is 0 Å². The first kappa shape index (κ1) is 16.7. The number of aliphatic hydroxyl groups is 1. The van der Waals surface area contributed by atoms with Gasteiger partial charge in [-0.3, -0.25) is 9.59 Å². The maximum Gasteiger partial charge on any atom is 0.313 e. The Morgan fingerprint density at radius 3 is 2.38 bits per heavy atom. The van der Waals surface area contributed by atoms with Crippen molar-refractivity contribution in [3.8, 4) is 6.07 Å². The number of hydrogen-bond donors (Lipinski definition) is 3. The number of aliphatic hydroxyl groups excluding tert-OH is 1. The van der Waals surface area contributed by atoms with Crippen molar-refractivity contribution in [1.82, 2.24) is 5.32 Å². The van der Waals surface area contributed by atoms with E-state index in [4.69, 9.17) is 10.4 Å². The highest BCUT2D eigenvalue weighted by Gasteiger charge is 2.26. The normalized spacial score (nSPS) is 12.9. The molecular formula is C15H19N3O3. The fraction of sp³-hybridized carbons (Fsp3) is 0.400. The summed E-state index contributed by atoms with van der Waals surface area (Å²) >= 11 is 0. The molecule has 0 radical (unpaired) electrons. The van der Waals surface area contributed by atoms with Crippen LogP contribution in [0.15, 0.2) is 24.3 Å². The van der Waals surface area contributed by atoms with Gasteiger partial charge in [0.15, 0.2) is 0 Å². The Bertz CT molecular complexity index is 548. The Labute approximate surface area is 123 Å². The van der Waals surface area contributed by atoms with Crippen molar-refractivity contribution >= 4 is 17.5 Å². The molecule has 0 saturated carbocycles. The van der Waals surface area contributed by atoms with Gasteiger partial charge in [0, 0.05) is 17.8 Å². The molecule has 112 valence electrons. The van der Waals surface area contributed by atoms with E-state index >= 15 is 0 Å². The maximum atomic E-state index is 11.9. The van der Waals surface area contributed by atoms with E-state index in [-0.39, 0.29) is 6.61 Å². The van der Waals surface area contributed by atoms with Gasteiger partial charge in [-0.1, -0.05) is 6.92 Å². The molecule has 1 aromatic carbocycles. The average molecular weight is 289 g/mol. The predicted octanol–water partition coefficient (Wildman–Crippen LogP) is 1.16. The van der Waals surface area contributed by atoms with Gasteiger partial charge >= 0.3 is 11.8 Å². The van der Waals surface area contributed by atoms with E-state index in [1.807, 2.05) is 13.0 Å². The van der Waals surface area contributed by atoms with Crippen LogP contribution in [0.1, 0.15) is 32.3 Å². The quantitative estimate of drug-likeness (QED) is 0.708. The van der Waals surface area contributed by atoms with Gasteiger partial charge in [-0.25, -0.2) is 0 Å². The molecule has 0 spiro atoms. The van der Waals surface area contributed by atoms with E-state index in [2.05, 4.69) is 10.6 Å². The van der Waals surface area contributed by atoms with Crippen LogP contribution in [0.3, 0.4) is 0 Å².